The van der Waals surface area contributed by atoms with Crippen molar-refractivity contribution in [3.63, 3.8) is 0 Å². The predicted molar refractivity (Wildman–Crippen MR) is 114 cm³/mol. The van der Waals surface area contributed by atoms with Crippen LogP contribution in [0.15, 0.2) is 48.5 Å². The first-order valence-corrected chi connectivity index (χ1v) is 9.40. The standard InChI is InChI=1S/C20H24ClN3OS/c1-4-12-24(20(26)23-17-10-8-14(2)9-11-17)15(3)19(25)22-18-7-5-6-16(21)13-18/h5-11,13,15H,4,12H2,1-3H3,(H,22,25)(H,23,26)/t15-/m0/s1. The smallest absolute Gasteiger partial charge is 0.246 e. The Balaban J connectivity index is 2.07. The molecule has 0 saturated heterocycles. The quantitative estimate of drug-likeness (QED) is 0.676. The summed E-state index contributed by atoms with van der Waals surface area (Å²) in [4.78, 5) is 14.6. The number of rotatable bonds is 6. The molecule has 2 rings (SSSR count). The summed E-state index contributed by atoms with van der Waals surface area (Å²) in [5.74, 6) is -0.131. The molecule has 1 amide bonds. The second-order valence-corrected chi connectivity index (χ2v) is 6.99. The van der Waals surface area contributed by atoms with E-state index >= 15 is 0 Å². The van der Waals surface area contributed by atoms with Crippen molar-refractivity contribution < 1.29 is 4.79 Å². The number of aryl methyl sites for hydroxylation is 1. The van der Waals surface area contributed by atoms with E-state index in [1.165, 1.54) is 5.56 Å². The molecule has 0 heterocycles. The molecular formula is C20H24ClN3OS. The molecule has 0 aromatic heterocycles. The van der Waals surface area contributed by atoms with Crippen LogP contribution in [-0.2, 0) is 4.79 Å². The summed E-state index contributed by atoms with van der Waals surface area (Å²) in [6, 6.07) is 14.7. The number of thiocarbonyl (C=S) groups is 1. The maximum Gasteiger partial charge on any atom is 0.246 e. The zero-order chi connectivity index (χ0) is 19.1. The maximum absolute atomic E-state index is 12.7. The summed E-state index contributed by atoms with van der Waals surface area (Å²) in [5.41, 5.74) is 2.76. The van der Waals surface area contributed by atoms with Crippen LogP contribution >= 0.6 is 23.8 Å². The maximum atomic E-state index is 12.7. The molecule has 2 aromatic carbocycles. The third kappa shape index (κ3) is 5.71. The van der Waals surface area contributed by atoms with E-state index in [9.17, 15) is 4.79 Å². The lowest BCUT2D eigenvalue weighted by Crippen LogP contribution is -2.47. The number of hydrogen-bond donors (Lipinski definition) is 2. The van der Waals surface area contributed by atoms with Gasteiger partial charge in [-0.15, -0.1) is 0 Å². The zero-order valence-electron chi connectivity index (χ0n) is 15.3. The molecule has 0 unspecified atom stereocenters. The van der Waals surface area contributed by atoms with Crippen LogP contribution in [0, 0.1) is 6.92 Å². The molecule has 0 aliphatic rings. The Morgan fingerprint density at radius 1 is 1.15 bits per heavy atom. The van der Waals surface area contributed by atoms with E-state index in [1.54, 1.807) is 18.2 Å². The molecule has 0 bridgehead atoms. The largest absolute Gasteiger partial charge is 0.337 e. The van der Waals surface area contributed by atoms with Crippen molar-refractivity contribution in [1.29, 1.82) is 0 Å². The zero-order valence-corrected chi connectivity index (χ0v) is 16.8. The van der Waals surface area contributed by atoms with Crippen LogP contribution in [0.5, 0.6) is 0 Å². The van der Waals surface area contributed by atoms with E-state index in [0.29, 0.717) is 22.4 Å². The van der Waals surface area contributed by atoms with E-state index in [2.05, 4.69) is 17.6 Å². The number of carbonyl (C=O) groups excluding carboxylic acids is 1. The first kappa shape index (κ1) is 20.2. The normalized spacial score (nSPS) is 11.5. The average Bonchev–Trinajstić information content (AvgIpc) is 2.61. The van der Waals surface area contributed by atoms with Crippen molar-refractivity contribution in [2.24, 2.45) is 0 Å². The number of anilines is 2. The lowest BCUT2D eigenvalue weighted by atomic mass is 10.2. The highest BCUT2D eigenvalue weighted by molar-refractivity contribution is 7.80. The van der Waals surface area contributed by atoms with E-state index in [0.717, 1.165) is 12.1 Å². The summed E-state index contributed by atoms with van der Waals surface area (Å²) in [6.45, 7) is 6.62. The van der Waals surface area contributed by atoms with Crippen molar-refractivity contribution in [2.75, 3.05) is 17.2 Å². The summed E-state index contributed by atoms with van der Waals surface area (Å²) in [7, 11) is 0. The van der Waals surface area contributed by atoms with Crippen LogP contribution in [-0.4, -0.2) is 28.5 Å². The fraction of sp³-hybridized carbons (Fsp3) is 0.300. The number of amides is 1. The summed E-state index contributed by atoms with van der Waals surface area (Å²) in [5, 5.41) is 7.23. The minimum Gasteiger partial charge on any atom is -0.337 e. The third-order valence-corrected chi connectivity index (χ3v) is 4.54. The highest BCUT2D eigenvalue weighted by Gasteiger charge is 2.23. The van der Waals surface area contributed by atoms with Crippen molar-refractivity contribution in [3.8, 4) is 0 Å². The monoisotopic (exact) mass is 389 g/mol. The Labute approximate surface area is 165 Å². The van der Waals surface area contributed by atoms with Gasteiger partial charge in [-0.25, -0.2) is 0 Å². The van der Waals surface area contributed by atoms with Gasteiger partial charge >= 0.3 is 0 Å². The molecule has 2 aromatic rings. The van der Waals surface area contributed by atoms with E-state index < -0.39 is 6.04 Å². The van der Waals surface area contributed by atoms with Gasteiger partial charge in [0.05, 0.1) is 0 Å². The number of benzene rings is 2. The van der Waals surface area contributed by atoms with Gasteiger partial charge in [0.1, 0.15) is 6.04 Å². The molecule has 6 heteroatoms. The highest BCUT2D eigenvalue weighted by Crippen LogP contribution is 2.16. The van der Waals surface area contributed by atoms with Crippen LogP contribution < -0.4 is 10.6 Å². The molecule has 26 heavy (non-hydrogen) atoms. The molecule has 1 atom stereocenters. The molecule has 2 N–H and O–H groups in total. The van der Waals surface area contributed by atoms with E-state index in [4.69, 9.17) is 23.8 Å². The minimum absolute atomic E-state index is 0.131. The minimum atomic E-state index is -0.417. The van der Waals surface area contributed by atoms with Gasteiger partial charge in [-0.1, -0.05) is 42.3 Å². The second kappa shape index (κ2) is 9.55. The Hall–Kier alpha value is -2.11. The van der Waals surface area contributed by atoms with Crippen molar-refractivity contribution in [3.05, 3.63) is 59.1 Å². The summed E-state index contributed by atoms with van der Waals surface area (Å²) >= 11 is 11.5. The second-order valence-electron chi connectivity index (χ2n) is 6.17. The van der Waals surface area contributed by atoms with Crippen LogP contribution in [0.4, 0.5) is 11.4 Å². The van der Waals surface area contributed by atoms with Gasteiger partial charge in [-0.05, 0) is 62.8 Å². The molecule has 0 fully saturated rings. The van der Waals surface area contributed by atoms with Crippen molar-refractivity contribution in [1.82, 2.24) is 4.90 Å². The molecule has 0 aliphatic heterocycles. The average molecular weight is 390 g/mol. The van der Waals surface area contributed by atoms with Crippen LogP contribution in [0.3, 0.4) is 0 Å². The fourth-order valence-corrected chi connectivity index (χ4v) is 3.06. The topological polar surface area (TPSA) is 44.4 Å². The summed E-state index contributed by atoms with van der Waals surface area (Å²) < 4.78 is 0. The number of halogens is 1. The number of hydrogen-bond acceptors (Lipinski definition) is 2. The number of carbonyl (C=O) groups is 1. The third-order valence-electron chi connectivity index (χ3n) is 3.97. The highest BCUT2D eigenvalue weighted by atomic mass is 35.5. The van der Waals surface area contributed by atoms with Crippen LogP contribution in [0.1, 0.15) is 25.8 Å². The Morgan fingerprint density at radius 2 is 1.85 bits per heavy atom. The summed E-state index contributed by atoms with van der Waals surface area (Å²) in [6.07, 6.45) is 0.879. The van der Waals surface area contributed by atoms with Gasteiger partial charge in [0, 0.05) is 22.9 Å². The van der Waals surface area contributed by atoms with E-state index in [1.807, 2.05) is 49.1 Å². The fourth-order valence-electron chi connectivity index (χ4n) is 2.50. The molecule has 4 nitrogen and oxygen atoms in total. The first-order chi connectivity index (χ1) is 12.4. The van der Waals surface area contributed by atoms with Crippen LogP contribution in [0.2, 0.25) is 5.02 Å². The molecule has 0 saturated carbocycles. The van der Waals surface area contributed by atoms with Gasteiger partial charge in [-0.3, -0.25) is 4.79 Å². The number of nitrogens with zero attached hydrogens (tertiary/aromatic N) is 1. The van der Waals surface area contributed by atoms with Gasteiger partial charge in [0.15, 0.2) is 5.11 Å². The van der Waals surface area contributed by atoms with Crippen molar-refractivity contribution >= 4 is 46.2 Å². The van der Waals surface area contributed by atoms with Crippen molar-refractivity contribution in [2.45, 2.75) is 33.2 Å². The van der Waals surface area contributed by atoms with Gasteiger partial charge in [0.25, 0.3) is 0 Å². The molecule has 138 valence electrons. The van der Waals surface area contributed by atoms with Gasteiger partial charge < -0.3 is 15.5 Å². The first-order valence-electron chi connectivity index (χ1n) is 8.61. The number of nitrogens with one attached hydrogen (secondary N) is 2. The van der Waals surface area contributed by atoms with Gasteiger partial charge in [-0.2, -0.15) is 0 Å². The Bertz CT molecular complexity index is 764. The lowest BCUT2D eigenvalue weighted by molar-refractivity contribution is -0.119. The van der Waals surface area contributed by atoms with Crippen LogP contribution in [0.25, 0.3) is 0 Å². The molecule has 0 spiro atoms. The van der Waals surface area contributed by atoms with E-state index in [-0.39, 0.29) is 5.91 Å². The SMILES string of the molecule is CCCN(C(=S)Nc1ccc(C)cc1)[C@@H](C)C(=O)Nc1cccc(Cl)c1. The Morgan fingerprint density at radius 3 is 2.46 bits per heavy atom. The molecular weight excluding hydrogens is 366 g/mol. The molecule has 0 radical (unpaired) electrons. The lowest BCUT2D eigenvalue weighted by Gasteiger charge is -2.30. The predicted octanol–water partition coefficient (Wildman–Crippen LogP) is 5.08. The van der Waals surface area contributed by atoms with Gasteiger partial charge in [0.2, 0.25) is 5.91 Å². The Kier molecular flexibility index (Phi) is 7.42. The molecule has 0 aliphatic carbocycles.